The molecule has 3 rings (SSSR count). The Morgan fingerprint density at radius 2 is 2.05 bits per heavy atom. The minimum Gasteiger partial charge on any atom is -0.436 e. The zero-order valence-corrected chi connectivity index (χ0v) is 12.2. The number of aliphatic hydroxyl groups is 1. The summed E-state index contributed by atoms with van der Waals surface area (Å²) in [6.07, 6.45) is 3.56. The lowest BCUT2D eigenvalue weighted by molar-refractivity contribution is 0.0903. The number of rotatable bonds is 5. The molecule has 0 aliphatic heterocycles. The van der Waals surface area contributed by atoms with E-state index in [1.165, 1.54) is 24.6 Å². The third kappa shape index (κ3) is 2.85. The Labute approximate surface area is 127 Å². The van der Waals surface area contributed by atoms with E-state index in [4.69, 9.17) is 9.84 Å². The topological polar surface area (TPSA) is 59.4 Å². The normalized spacial score (nSPS) is 15.4. The number of carbonyl (C=O) groups excluding carboxylic acids is 1. The van der Waals surface area contributed by atoms with Crippen LogP contribution in [0.4, 0.5) is 4.39 Å². The molecule has 22 heavy (non-hydrogen) atoms. The smallest absolute Gasteiger partial charge is 0.255 e. The fourth-order valence-corrected chi connectivity index (χ4v) is 2.26. The van der Waals surface area contributed by atoms with Crippen molar-refractivity contribution in [1.82, 2.24) is 4.98 Å². The molecule has 0 unspecified atom stereocenters. The molecule has 1 aliphatic carbocycles. The highest BCUT2D eigenvalue weighted by Gasteiger charge is 2.38. The van der Waals surface area contributed by atoms with Crippen LogP contribution in [-0.2, 0) is 5.41 Å². The Morgan fingerprint density at radius 3 is 2.59 bits per heavy atom. The third-order valence-corrected chi connectivity index (χ3v) is 4.04. The molecule has 1 heterocycles. The fourth-order valence-electron chi connectivity index (χ4n) is 2.26. The highest BCUT2D eigenvalue weighted by molar-refractivity contribution is 5.96. The van der Waals surface area contributed by atoms with Crippen molar-refractivity contribution in [2.45, 2.75) is 25.2 Å². The van der Waals surface area contributed by atoms with Crippen molar-refractivity contribution < 1.29 is 19.0 Å². The van der Waals surface area contributed by atoms with Crippen LogP contribution in [0.25, 0.3) is 0 Å². The van der Waals surface area contributed by atoms with Crippen LogP contribution in [0.5, 0.6) is 11.6 Å². The maximum Gasteiger partial charge on any atom is 0.255 e. The third-order valence-electron chi connectivity index (χ3n) is 4.04. The van der Waals surface area contributed by atoms with Gasteiger partial charge < -0.3 is 9.84 Å². The van der Waals surface area contributed by atoms with Gasteiger partial charge in [0.15, 0.2) is 11.6 Å². The van der Waals surface area contributed by atoms with Crippen LogP contribution in [-0.4, -0.2) is 22.5 Å². The van der Waals surface area contributed by atoms with Crippen LogP contribution in [0.3, 0.4) is 0 Å². The lowest BCUT2D eigenvalue weighted by atomic mass is 9.99. The van der Waals surface area contributed by atoms with E-state index in [0.29, 0.717) is 5.75 Å². The first-order valence-electron chi connectivity index (χ1n) is 7.10. The van der Waals surface area contributed by atoms with Gasteiger partial charge in [0.1, 0.15) is 12.4 Å². The van der Waals surface area contributed by atoms with E-state index < -0.39 is 18.2 Å². The van der Waals surface area contributed by atoms with Crippen molar-refractivity contribution >= 4 is 5.78 Å². The van der Waals surface area contributed by atoms with Gasteiger partial charge in [0.2, 0.25) is 0 Å². The number of benzene rings is 1. The van der Waals surface area contributed by atoms with Crippen molar-refractivity contribution in [3.8, 4) is 11.6 Å². The van der Waals surface area contributed by atoms with Crippen molar-refractivity contribution in [1.29, 1.82) is 0 Å². The SMILES string of the molecule is CC1(c2ccc(Oc3ncc(C(=O)CO)cc3F)cc2)CC1. The number of ketones is 1. The number of pyridine rings is 1. The summed E-state index contributed by atoms with van der Waals surface area (Å²) < 4.78 is 19.3. The molecule has 0 bridgehead atoms. The van der Waals surface area contributed by atoms with Crippen LogP contribution in [0.2, 0.25) is 0 Å². The van der Waals surface area contributed by atoms with Crippen LogP contribution in [0.15, 0.2) is 36.5 Å². The van der Waals surface area contributed by atoms with Crippen molar-refractivity contribution in [3.05, 3.63) is 53.5 Å². The maximum absolute atomic E-state index is 13.9. The van der Waals surface area contributed by atoms with Crippen LogP contribution < -0.4 is 4.74 Å². The first-order chi connectivity index (χ1) is 10.5. The number of ether oxygens (including phenoxy) is 1. The number of hydrogen-bond donors (Lipinski definition) is 1. The minimum absolute atomic E-state index is 0.0179. The number of aliphatic hydroxyl groups excluding tert-OH is 1. The molecular formula is C17H16FNO3. The molecule has 0 amide bonds. The fraction of sp³-hybridized carbons (Fsp3) is 0.294. The van der Waals surface area contributed by atoms with Gasteiger partial charge in [-0.1, -0.05) is 19.1 Å². The monoisotopic (exact) mass is 301 g/mol. The molecular weight excluding hydrogens is 285 g/mol. The van der Waals surface area contributed by atoms with E-state index in [0.717, 1.165) is 6.07 Å². The van der Waals surface area contributed by atoms with Gasteiger partial charge in [-0.2, -0.15) is 0 Å². The summed E-state index contributed by atoms with van der Waals surface area (Å²) in [7, 11) is 0. The Hall–Kier alpha value is -2.27. The molecule has 0 atom stereocenters. The van der Waals surface area contributed by atoms with Crippen LogP contribution in [0.1, 0.15) is 35.7 Å². The minimum atomic E-state index is -0.738. The van der Waals surface area contributed by atoms with E-state index in [9.17, 15) is 9.18 Å². The quantitative estimate of drug-likeness (QED) is 0.861. The Kier molecular flexibility index (Phi) is 3.66. The molecule has 1 fully saturated rings. The molecule has 2 aromatic rings. The van der Waals surface area contributed by atoms with Gasteiger partial charge >= 0.3 is 0 Å². The van der Waals surface area contributed by atoms with Gasteiger partial charge in [0.25, 0.3) is 5.88 Å². The number of carbonyl (C=O) groups is 1. The zero-order chi connectivity index (χ0) is 15.7. The molecule has 0 saturated heterocycles. The molecule has 1 aromatic heterocycles. The van der Waals surface area contributed by atoms with Gasteiger partial charge in [-0.3, -0.25) is 4.79 Å². The second-order valence-corrected chi connectivity index (χ2v) is 5.78. The molecule has 0 radical (unpaired) electrons. The van der Waals surface area contributed by atoms with Gasteiger partial charge in [-0.05, 0) is 42.0 Å². The lowest BCUT2D eigenvalue weighted by Gasteiger charge is -2.10. The number of Topliss-reactive ketones (excluding diaryl/α,β-unsaturated/α-hetero) is 1. The first kappa shape index (κ1) is 14.7. The predicted octanol–water partition coefficient (Wildman–Crippen LogP) is 3.24. The first-order valence-corrected chi connectivity index (χ1v) is 7.10. The molecule has 1 N–H and O–H groups in total. The van der Waals surface area contributed by atoms with Gasteiger partial charge in [0, 0.05) is 11.8 Å². The van der Waals surface area contributed by atoms with Gasteiger partial charge in [-0.25, -0.2) is 9.37 Å². The maximum atomic E-state index is 13.9. The second kappa shape index (κ2) is 5.50. The van der Waals surface area contributed by atoms with Crippen LogP contribution in [0, 0.1) is 5.82 Å². The largest absolute Gasteiger partial charge is 0.436 e. The van der Waals surface area contributed by atoms with E-state index in [2.05, 4.69) is 11.9 Å². The summed E-state index contributed by atoms with van der Waals surface area (Å²) in [4.78, 5) is 15.1. The average Bonchev–Trinajstić information content (AvgIpc) is 3.28. The second-order valence-electron chi connectivity index (χ2n) is 5.78. The predicted molar refractivity (Wildman–Crippen MR) is 78.7 cm³/mol. The lowest BCUT2D eigenvalue weighted by Crippen LogP contribution is -2.06. The molecule has 114 valence electrons. The molecule has 1 aliphatic rings. The number of hydrogen-bond acceptors (Lipinski definition) is 4. The summed E-state index contributed by atoms with van der Waals surface area (Å²) in [6, 6.07) is 8.54. The van der Waals surface area contributed by atoms with Gasteiger partial charge in [0.05, 0.1) is 0 Å². The summed E-state index contributed by atoms with van der Waals surface area (Å²) in [5.74, 6) is -1.03. The van der Waals surface area contributed by atoms with E-state index in [1.54, 1.807) is 12.1 Å². The molecule has 5 heteroatoms. The number of aromatic nitrogens is 1. The zero-order valence-electron chi connectivity index (χ0n) is 12.2. The summed E-state index contributed by atoms with van der Waals surface area (Å²) in [5.41, 5.74) is 1.54. The molecule has 1 aromatic carbocycles. The standard InChI is InChI=1S/C17H16FNO3/c1-17(6-7-17)12-2-4-13(5-3-12)22-16-14(18)8-11(9-19-16)15(21)10-20/h2-5,8-9,20H,6-7,10H2,1H3. The summed E-state index contributed by atoms with van der Waals surface area (Å²) >= 11 is 0. The van der Waals surface area contributed by atoms with Gasteiger partial charge in [-0.15, -0.1) is 0 Å². The van der Waals surface area contributed by atoms with Crippen molar-refractivity contribution in [3.63, 3.8) is 0 Å². The Morgan fingerprint density at radius 1 is 1.36 bits per heavy atom. The van der Waals surface area contributed by atoms with Crippen LogP contribution >= 0.6 is 0 Å². The molecule has 4 nitrogen and oxygen atoms in total. The average molecular weight is 301 g/mol. The Balaban J connectivity index is 1.76. The van der Waals surface area contributed by atoms with E-state index in [1.807, 2.05) is 12.1 Å². The van der Waals surface area contributed by atoms with Crippen molar-refractivity contribution in [2.24, 2.45) is 0 Å². The highest BCUT2D eigenvalue weighted by Crippen LogP contribution is 2.47. The highest BCUT2D eigenvalue weighted by atomic mass is 19.1. The Bertz CT molecular complexity index is 708. The van der Waals surface area contributed by atoms with Crippen molar-refractivity contribution in [2.75, 3.05) is 6.61 Å². The van der Waals surface area contributed by atoms with E-state index in [-0.39, 0.29) is 16.9 Å². The molecule has 0 spiro atoms. The molecule has 1 saturated carbocycles. The summed E-state index contributed by atoms with van der Waals surface area (Å²) in [6.45, 7) is 1.53. The number of halogens is 1. The summed E-state index contributed by atoms with van der Waals surface area (Å²) in [5, 5.41) is 8.75. The van der Waals surface area contributed by atoms with E-state index >= 15 is 0 Å². The number of nitrogens with zero attached hydrogens (tertiary/aromatic N) is 1.